The number of alkyl halides is 3. The summed E-state index contributed by atoms with van der Waals surface area (Å²) in [6, 6.07) is 0. The van der Waals surface area contributed by atoms with Gasteiger partial charge in [-0.3, -0.25) is 0 Å². The molecule has 0 rings (SSSR count). The zero-order valence-corrected chi connectivity index (χ0v) is 9.27. The van der Waals surface area contributed by atoms with E-state index in [2.05, 4.69) is 6.58 Å². The molecular formula is C10H15F4NO. The monoisotopic (exact) mass is 241 g/mol. The summed E-state index contributed by atoms with van der Waals surface area (Å²) in [4.78, 5) is 1.34. The Balaban J connectivity index is 4.75. The van der Waals surface area contributed by atoms with E-state index in [1.165, 1.54) is 4.90 Å². The molecule has 0 atom stereocenters. The molecule has 16 heavy (non-hydrogen) atoms. The van der Waals surface area contributed by atoms with Gasteiger partial charge in [0.25, 0.3) is 0 Å². The summed E-state index contributed by atoms with van der Waals surface area (Å²) in [6.45, 7) is 6.40. The van der Waals surface area contributed by atoms with Crippen molar-refractivity contribution in [2.24, 2.45) is 0 Å². The summed E-state index contributed by atoms with van der Waals surface area (Å²) in [5, 5.41) is 0. The first-order valence-corrected chi connectivity index (χ1v) is 4.80. The molecule has 0 aromatic carbocycles. The molecule has 0 aromatic rings. The second kappa shape index (κ2) is 6.40. The predicted molar refractivity (Wildman–Crippen MR) is 53.3 cm³/mol. The molecule has 0 aliphatic heterocycles. The number of allylic oxidation sites excluding steroid dienone is 1. The lowest BCUT2D eigenvalue weighted by Crippen LogP contribution is -2.26. The van der Waals surface area contributed by atoms with E-state index in [0.29, 0.717) is 13.1 Å². The van der Waals surface area contributed by atoms with Crippen LogP contribution in [0.1, 0.15) is 13.8 Å². The summed E-state index contributed by atoms with van der Waals surface area (Å²) < 4.78 is 53.5. The van der Waals surface area contributed by atoms with Crippen LogP contribution in [0.25, 0.3) is 0 Å². The third kappa shape index (κ3) is 6.31. The van der Waals surface area contributed by atoms with Gasteiger partial charge in [0.05, 0.1) is 6.08 Å². The zero-order valence-electron chi connectivity index (χ0n) is 9.27. The van der Waals surface area contributed by atoms with Crippen LogP contribution in [0.5, 0.6) is 0 Å². The largest absolute Gasteiger partial charge is 0.472 e. The average molecular weight is 241 g/mol. The van der Waals surface area contributed by atoms with E-state index in [1.807, 2.05) is 0 Å². The smallest absolute Gasteiger partial charge is 0.414 e. The van der Waals surface area contributed by atoms with Gasteiger partial charge < -0.3 is 9.64 Å². The van der Waals surface area contributed by atoms with Crippen LogP contribution in [-0.4, -0.2) is 30.8 Å². The van der Waals surface area contributed by atoms with Gasteiger partial charge in [-0.2, -0.15) is 13.2 Å². The molecule has 0 radical (unpaired) electrons. The third-order valence-corrected chi connectivity index (χ3v) is 1.74. The molecule has 0 N–H and O–H groups in total. The standard InChI is InChI=1S/C10H15F4NO/c1-4-15(5-2)9(6-10(12,13)14)16-7-8(3)11/h6H,3-5,7H2,1-2H3/b9-6+. The van der Waals surface area contributed by atoms with E-state index in [-0.39, 0.29) is 6.08 Å². The fourth-order valence-electron chi connectivity index (χ4n) is 1.05. The molecule has 0 spiro atoms. The van der Waals surface area contributed by atoms with Gasteiger partial charge in [-0.25, -0.2) is 4.39 Å². The normalized spacial score (nSPS) is 12.5. The topological polar surface area (TPSA) is 12.5 Å². The second-order valence-electron chi connectivity index (χ2n) is 3.00. The Labute approximate surface area is 92.2 Å². The van der Waals surface area contributed by atoms with Crippen LogP contribution in [0.3, 0.4) is 0 Å². The predicted octanol–water partition coefficient (Wildman–Crippen LogP) is 3.23. The first kappa shape index (κ1) is 14.8. The summed E-state index contributed by atoms with van der Waals surface area (Å²) in [6.07, 6.45) is -4.47. The van der Waals surface area contributed by atoms with Crippen molar-refractivity contribution in [1.82, 2.24) is 4.90 Å². The maximum absolute atomic E-state index is 12.3. The molecule has 0 aromatic heterocycles. The van der Waals surface area contributed by atoms with Crippen molar-refractivity contribution >= 4 is 0 Å². The SMILES string of the molecule is C=C(F)CO/C(=C/C(F)(F)F)N(CC)CC. The van der Waals surface area contributed by atoms with Crippen molar-refractivity contribution in [2.45, 2.75) is 20.0 Å². The fourth-order valence-corrected chi connectivity index (χ4v) is 1.05. The molecular weight excluding hydrogens is 226 g/mol. The van der Waals surface area contributed by atoms with Crippen molar-refractivity contribution in [1.29, 1.82) is 0 Å². The lowest BCUT2D eigenvalue weighted by atomic mass is 10.4. The summed E-state index contributed by atoms with van der Waals surface area (Å²) in [5.74, 6) is -1.21. The highest BCUT2D eigenvalue weighted by Crippen LogP contribution is 2.21. The van der Waals surface area contributed by atoms with Gasteiger partial charge in [0.1, 0.15) is 12.4 Å². The molecule has 0 aliphatic carbocycles. The highest BCUT2D eigenvalue weighted by molar-refractivity contribution is 4.98. The Kier molecular flexibility index (Phi) is 5.92. The lowest BCUT2D eigenvalue weighted by molar-refractivity contribution is -0.0855. The van der Waals surface area contributed by atoms with Crippen molar-refractivity contribution in [3.05, 3.63) is 24.4 Å². The Morgan fingerprint density at radius 1 is 1.31 bits per heavy atom. The van der Waals surface area contributed by atoms with Crippen molar-refractivity contribution < 1.29 is 22.3 Å². The highest BCUT2D eigenvalue weighted by atomic mass is 19.4. The zero-order chi connectivity index (χ0) is 12.8. The van der Waals surface area contributed by atoms with E-state index >= 15 is 0 Å². The molecule has 0 fully saturated rings. The van der Waals surface area contributed by atoms with Crippen LogP contribution in [0, 0.1) is 0 Å². The third-order valence-electron chi connectivity index (χ3n) is 1.74. The van der Waals surface area contributed by atoms with Crippen LogP contribution >= 0.6 is 0 Å². The number of ether oxygens (including phenoxy) is 1. The van der Waals surface area contributed by atoms with Crippen molar-refractivity contribution in [3.63, 3.8) is 0 Å². The van der Waals surface area contributed by atoms with Gasteiger partial charge in [-0.05, 0) is 13.8 Å². The van der Waals surface area contributed by atoms with E-state index < -0.39 is 24.5 Å². The second-order valence-corrected chi connectivity index (χ2v) is 3.00. The van der Waals surface area contributed by atoms with Crippen LogP contribution in [0.15, 0.2) is 24.4 Å². The highest BCUT2D eigenvalue weighted by Gasteiger charge is 2.27. The number of nitrogens with zero attached hydrogens (tertiary/aromatic N) is 1. The minimum absolute atomic E-state index is 0.0168. The van der Waals surface area contributed by atoms with Crippen LogP contribution < -0.4 is 0 Å². The van der Waals surface area contributed by atoms with Crippen LogP contribution in [0.2, 0.25) is 0 Å². The molecule has 0 unspecified atom stereocenters. The van der Waals surface area contributed by atoms with Gasteiger partial charge in [-0.1, -0.05) is 6.58 Å². The van der Waals surface area contributed by atoms with Gasteiger partial charge in [0.15, 0.2) is 5.88 Å². The van der Waals surface area contributed by atoms with Gasteiger partial charge in [0.2, 0.25) is 0 Å². The van der Waals surface area contributed by atoms with Crippen molar-refractivity contribution in [3.8, 4) is 0 Å². The van der Waals surface area contributed by atoms with Gasteiger partial charge >= 0.3 is 6.18 Å². The molecule has 0 amide bonds. The fraction of sp³-hybridized carbons (Fsp3) is 0.600. The molecule has 94 valence electrons. The summed E-state index contributed by atoms with van der Waals surface area (Å²) in [7, 11) is 0. The van der Waals surface area contributed by atoms with E-state index in [0.717, 1.165) is 0 Å². The molecule has 0 heterocycles. The molecule has 2 nitrogen and oxygen atoms in total. The first-order chi connectivity index (χ1) is 7.30. The summed E-state index contributed by atoms with van der Waals surface area (Å²) >= 11 is 0. The minimum atomic E-state index is -4.49. The Morgan fingerprint density at radius 3 is 2.12 bits per heavy atom. The summed E-state index contributed by atoms with van der Waals surface area (Å²) in [5.41, 5.74) is 0. The molecule has 0 bridgehead atoms. The van der Waals surface area contributed by atoms with E-state index in [4.69, 9.17) is 4.74 Å². The number of hydrogen-bond acceptors (Lipinski definition) is 2. The molecule has 0 aliphatic rings. The molecule has 0 saturated carbocycles. The van der Waals surface area contributed by atoms with Crippen LogP contribution in [0.4, 0.5) is 17.6 Å². The Hall–Kier alpha value is -1.20. The van der Waals surface area contributed by atoms with Crippen molar-refractivity contribution in [2.75, 3.05) is 19.7 Å². The maximum atomic E-state index is 12.3. The molecule has 6 heteroatoms. The average Bonchev–Trinajstić information content (AvgIpc) is 2.13. The Morgan fingerprint density at radius 2 is 1.81 bits per heavy atom. The minimum Gasteiger partial charge on any atom is -0.472 e. The molecule has 0 saturated heterocycles. The quantitative estimate of drug-likeness (QED) is 0.523. The lowest BCUT2D eigenvalue weighted by Gasteiger charge is -2.24. The Bertz CT molecular complexity index is 256. The van der Waals surface area contributed by atoms with Gasteiger partial charge in [0, 0.05) is 13.1 Å². The number of hydrogen-bond donors (Lipinski definition) is 0. The maximum Gasteiger partial charge on any atom is 0.414 e. The van der Waals surface area contributed by atoms with Crippen LogP contribution in [-0.2, 0) is 4.74 Å². The number of rotatable bonds is 6. The first-order valence-electron chi connectivity index (χ1n) is 4.80. The van der Waals surface area contributed by atoms with E-state index in [1.54, 1.807) is 13.8 Å². The van der Waals surface area contributed by atoms with Gasteiger partial charge in [-0.15, -0.1) is 0 Å². The van der Waals surface area contributed by atoms with E-state index in [9.17, 15) is 17.6 Å². The number of halogens is 4.